The van der Waals surface area contributed by atoms with Crippen molar-refractivity contribution in [2.75, 3.05) is 6.61 Å². The number of amides is 1. The molecule has 0 N–H and O–H groups in total. The number of azide groups is 1. The average molecular weight is 255 g/mol. The summed E-state index contributed by atoms with van der Waals surface area (Å²) < 4.78 is 4.70. The number of hydrogen-bond donors (Lipinski definition) is 0. The van der Waals surface area contributed by atoms with E-state index in [2.05, 4.69) is 16.9 Å². The molecule has 0 aromatic carbocycles. The van der Waals surface area contributed by atoms with E-state index in [-0.39, 0.29) is 0 Å². The van der Waals surface area contributed by atoms with Crippen LogP contribution in [0, 0.1) is 0 Å². The number of carbonyl (C=O) groups excluding carboxylic acids is 1. The fourth-order valence-corrected chi connectivity index (χ4v) is 1.81. The van der Waals surface area contributed by atoms with Crippen molar-refractivity contribution in [2.24, 2.45) is 5.11 Å². The summed E-state index contributed by atoms with van der Waals surface area (Å²) in [5, 5.41) is 2.83. The highest BCUT2D eigenvalue weighted by Crippen LogP contribution is 2.10. The van der Waals surface area contributed by atoms with Gasteiger partial charge in [0, 0.05) is 10.0 Å². The van der Waals surface area contributed by atoms with Gasteiger partial charge in [-0.1, -0.05) is 64.7 Å². The first-order chi connectivity index (χ1) is 8.81. The van der Waals surface area contributed by atoms with Crippen molar-refractivity contribution >= 4 is 6.09 Å². The minimum absolute atomic E-state index is 0.356. The van der Waals surface area contributed by atoms with Crippen LogP contribution >= 0.6 is 0 Å². The monoisotopic (exact) mass is 255 g/mol. The van der Waals surface area contributed by atoms with E-state index >= 15 is 0 Å². The molecule has 0 rings (SSSR count). The molecule has 0 aliphatic rings. The van der Waals surface area contributed by atoms with E-state index in [1.165, 1.54) is 51.4 Å². The molecule has 0 radical (unpaired) electrons. The van der Waals surface area contributed by atoms with E-state index in [9.17, 15) is 4.79 Å². The normalized spacial score (nSPS) is 9.83. The van der Waals surface area contributed by atoms with E-state index in [1.54, 1.807) is 0 Å². The van der Waals surface area contributed by atoms with Crippen molar-refractivity contribution in [2.45, 2.75) is 71.1 Å². The van der Waals surface area contributed by atoms with Gasteiger partial charge in [0.05, 0.1) is 6.61 Å². The lowest BCUT2D eigenvalue weighted by atomic mass is 10.1. The minimum Gasteiger partial charge on any atom is -0.461 e. The summed E-state index contributed by atoms with van der Waals surface area (Å²) in [6.07, 6.45) is 11.6. The highest BCUT2D eigenvalue weighted by Gasteiger charge is 1.97. The van der Waals surface area contributed by atoms with Crippen LogP contribution < -0.4 is 0 Å². The molecule has 0 bridgehead atoms. The van der Waals surface area contributed by atoms with E-state index in [0.29, 0.717) is 6.61 Å². The second-order valence-corrected chi connectivity index (χ2v) is 4.49. The van der Waals surface area contributed by atoms with Gasteiger partial charge in [0.25, 0.3) is 0 Å². The average Bonchev–Trinajstić information content (AvgIpc) is 2.36. The molecule has 0 spiro atoms. The van der Waals surface area contributed by atoms with Crippen molar-refractivity contribution in [3.8, 4) is 0 Å². The molecule has 0 aliphatic carbocycles. The summed E-state index contributed by atoms with van der Waals surface area (Å²) in [5.74, 6) is 0. The zero-order valence-electron chi connectivity index (χ0n) is 11.4. The highest BCUT2D eigenvalue weighted by molar-refractivity contribution is 5.67. The van der Waals surface area contributed by atoms with Crippen LogP contribution in [0.3, 0.4) is 0 Å². The third-order valence-corrected chi connectivity index (χ3v) is 2.85. The Hall–Kier alpha value is -1.22. The van der Waals surface area contributed by atoms with E-state index in [1.807, 2.05) is 0 Å². The maximum absolute atomic E-state index is 10.7. The van der Waals surface area contributed by atoms with E-state index in [4.69, 9.17) is 10.3 Å². The Bertz CT molecular complexity index is 251. The molecule has 0 aromatic heterocycles. The molecule has 1 amide bonds. The van der Waals surface area contributed by atoms with Crippen LogP contribution in [-0.4, -0.2) is 12.7 Å². The molecule has 0 aliphatic heterocycles. The summed E-state index contributed by atoms with van der Waals surface area (Å²) in [7, 11) is 0. The highest BCUT2D eigenvalue weighted by atomic mass is 16.5. The molecule has 0 atom stereocenters. The summed E-state index contributed by atoms with van der Waals surface area (Å²) >= 11 is 0. The molecule has 0 heterocycles. The van der Waals surface area contributed by atoms with Crippen molar-refractivity contribution in [3.05, 3.63) is 10.4 Å². The van der Waals surface area contributed by atoms with Crippen LogP contribution in [0.4, 0.5) is 4.79 Å². The second kappa shape index (κ2) is 13.8. The Kier molecular flexibility index (Phi) is 12.9. The van der Waals surface area contributed by atoms with E-state index in [0.717, 1.165) is 12.8 Å². The SMILES string of the molecule is CCCCCCCCCCCCOC(=O)N=[N+]=[N-]. The molecule has 5 nitrogen and oxygen atoms in total. The first-order valence-corrected chi connectivity index (χ1v) is 7.03. The predicted molar refractivity (Wildman–Crippen MR) is 72.3 cm³/mol. The largest absolute Gasteiger partial charge is 0.461 e. The van der Waals surface area contributed by atoms with Gasteiger partial charge in [0.15, 0.2) is 0 Å². The van der Waals surface area contributed by atoms with Crippen LogP contribution in [0.1, 0.15) is 71.1 Å². The third kappa shape index (κ3) is 12.8. The minimum atomic E-state index is -0.826. The Balaban J connectivity index is 3.07. The van der Waals surface area contributed by atoms with Crippen LogP contribution in [0.25, 0.3) is 10.4 Å². The first kappa shape index (κ1) is 16.8. The molecule has 104 valence electrons. The number of nitrogens with zero attached hydrogens (tertiary/aromatic N) is 3. The Morgan fingerprint density at radius 1 is 1.00 bits per heavy atom. The zero-order chi connectivity index (χ0) is 13.5. The molecular weight excluding hydrogens is 230 g/mol. The van der Waals surface area contributed by atoms with Gasteiger partial charge in [-0.25, -0.2) is 4.79 Å². The van der Waals surface area contributed by atoms with Gasteiger partial charge in [-0.05, 0) is 12.0 Å². The lowest BCUT2D eigenvalue weighted by Crippen LogP contribution is -1.99. The summed E-state index contributed by atoms with van der Waals surface area (Å²) in [5.41, 5.74) is 7.97. The van der Waals surface area contributed by atoms with Gasteiger partial charge < -0.3 is 4.74 Å². The fraction of sp³-hybridized carbons (Fsp3) is 0.923. The summed E-state index contributed by atoms with van der Waals surface area (Å²) in [4.78, 5) is 13.0. The van der Waals surface area contributed by atoms with Crippen molar-refractivity contribution < 1.29 is 9.53 Å². The van der Waals surface area contributed by atoms with Crippen LogP contribution in [0.15, 0.2) is 5.11 Å². The summed E-state index contributed by atoms with van der Waals surface area (Å²) in [6.45, 7) is 2.59. The number of rotatable bonds is 11. The fourth-order valence-electron chi connectivity index (χ4n) is 1.81. The topological polar surface area (TPSA) is 75.1 Å². The number of unbranched alkanes of at least 4 members (excludes halogenated alkanes) is 9. The van der Waals surface area contributed by atoms with Crippen molar-refractivity contribution in [1.29, 1.82) is 0 Å². The number of carbonyl (C=O) groups is 1. The quantitative estimate of drug-likeness (QED) is 0.216. The lowest BCUT2D eigenvalue weighted by Gasteiger charge is -2.02. The van der Waals surface area contributed by atoms with Gasteiger partial charge in [-0.2, -0.15) is 0 Å². The smallest absolute Gasteiger partial charge is 0.396 e. The Morgan fingerprint density at radius 3 is 2.00 bits per heavy atom. The van der Waals surface area contributed by atoms with Crippen LogP contribution in [0.5, 0.6) is 0 Å². The maximum atomic E-state index is 10.7. The van der Waals surface area contributed by atoms with Crippen LogP contribution in [-0.2, 0) is 4.74 Å². The molecule has 0 saturated carbocycles. The molecule has 0 aromatic rings. The van der Waals surface area contributed by atoms with E-state index < -0.39 is 6.09 Å². The van der Waals surface area contributed by atoms with Crippen molar-refractivity contribution in [1.82, 2.24) is 0 Å². The first-order valence-electron chi connectivity index (χ1n) is 7.03. The maximum Gasteiger partial charge on any atom is 0.396 e. The van der Waals surface area contributed by atoms with Crippen LogP contribution in [0.2, 0.25) is 0 Å². The predicted octanol–water partition coefficient (Wildman–Crippen LogP) is 5.35. The number of ether oxygens (including phenoxy) is 1. The van der Waals surface area contributed by atoms with Gasteiger partial charge >= 0.3 is 6.09 Å². The molecular formula is C13H25N3O2. The molecule has 0 saturated heterocycles. The molecule has 0 fully saturated rings. The Morgan fingerprint density at radius 2 is 1.50 bits per heavy atom. The standard InChI is InChI=1S/C13H25N3O2/c1-2-3-4-5-6-7-8-9-10-11-12-18-13(17)15-16-14/h2-12H2,1H3. The lowest BCUT2D eigenvalue weighted by molar-refractivity contribution is 0.154. The number of hydrogen-bond acceptors (Lipinski definition) is 2. The third-order valence-electron chi connectivity index (χ3n) is 2.85. The van der Waals surface area contributed by atoms with Gasteiger partial charge in [-0.15, -0.1) is 0 Å². The summed E-state index contributed by atoms with van der Waals surface area (Å²) in [6, 6.07) is 0. The zero-order valence-corrected chi connectivity index (χ0v) is 11.4. The molecule has 0 unspecified atom stereocenters. The molecule has 5 heteroatoms. The Labute approximate surface area is 110 Å². The van der Waals surface area contributed by atoms with Gasteiger partial charge in [-0.3, -0.25) is 0 Å². The molecule has 18 heavy (non-hydrogen) atoms. The van der Waals surface area contributed by atoms with Gasteiger partial charge in [0.1, 0.15) is 0 Å². The van der Waals surface area contributed by atoms with Gasteiger partial charge in [0.2, 0.25) is 0 Å². The second-order valence-electron chi connectivity index (χ2n) is 4.49. The van der Waals surface area contributed by atoms with Crippen molar-refractivity contribution in [3.63, 3.8) is 0 Å².